The van der Waals surface area contributed by atoms with E-state index >= 15 is 0 Å². The van der Waals surface area contributed by atoms with Crippen molar-refractivity contribution in [3.8, 4) is 0 Å². The Morgan fingerprint density at radius 3 is 1.11 bits per heavy atom. The Morgan fingerprint density at radius 2 is 0.750 bits per heavy atom. The maximum absolute atomic E-state index is 12.3. The molecule has 36 heavy (non-hydrogen) atoms. The summed E-state index contributed by atoms with van der Waals surface area (Å²) in [5.41, 5.74) is 0. The predicted octanol–water partition coefficient (Wildman–Crippen LogP) is 8.24. The first-order valence-corrected chi connectivity index (χ1v) is 15.0. The van der Waals surface area contributed by atoms with Gasteiger partial charge in [-0.25, -0.2) is 0 Å². The maximum Gasteiger partial charge on any atom is 0.306 e. The van der Waals surface area contributed by atoms with Crippen LogP contribution in [0, 0.1) is 0 Å². The number of hydrogen-bond acceptors (Lipinski definition) is 6. The van der Waals surface area contributed by atoms with Gasteiger partial charge in [-0.15, -0.1) is 0 Å². The van der Waals surface area contributed by atoms with E-state index in [0.717, 1.165) is 64.2 Å². The molecule has 0 spiro atoms. The minimum absolute atomic E-state index is 0.0682. The Labute approximate surface area is 221 Å². The maximum atomic E-state index is 12.3. The molecule has 0 saturated carbocycles. The average molecular weight is 513 g/mol. The molecule has 212 valence electrons. The van der Waals surface area contributed by atoms with Crippen molar-refractivity contribution in [2.24, 2.45) is 0 Å². The van der Waals surface area contributed by atoms with E-state index in [1.165, 1.54) is 51.4 Å². The average Bonchev–Trinajstić information content (AvgIpc) is 2.87. The van der Waals surface area contributed by atoms with E-state index in [-0.39, 0.29) is 31.1 Å². The van der Waals surface area contributed by atoms with Gasteiger partial charge in [0.2, 0.25) is 0 Å². The first-order chi connectivity index (χ1) is 17.5. The largest absolute Gasteiger partial charge is 0.462 e. The van der Waals surface area contributed by atoms with Crippen LogP contribution in [0.25, 0.3) is 0 Å². The number of carbonyl (C=O) groups excluding carboxylic acids is 3. The van der Waals surface area contributed by atoms with Crippen LogP contribution in [0.15, 0.2) is 0 Å². The van der Waals surface area contributed by atoms with Gasteiger partial charge in [0.25, 0.3) is 0 Å². The molecular formula is C30H56O6. The first kappa shape index (κ1) is 34.4. The van der Waals surface area contributed by atoms with Gasteiger partial charge in [0.15, 0.2) is 6.10 Å². The summed E-state index contributed by atoms with van der Waals surface area (Å²) in [5.74, 6) is -0.907. The second-order valence-corrected chi connectivity index (χ2v) is 10.0. The van der Waals surface area contributed by atoms with E-state index in [2.05, 4.69) is 20.8 Å². The van der Waals surface area contributed by atoms with Gasteiger partial charge in [0, 0.05) is 19.3 Å². The molecule has 0 bridgehead atoms. The number of esters is 3. The van der Waals surface area contributed by atoms with Gasteiger partial charge in [-0.3, -0.25) is 14.4 Å². The lowest BCUT2D eigenvalue weighted by atomic mass is 10.1. The van der Waals surface area contributed by atoms with Crippen molar-refractivity contribution in [2.45, 2.75) is 162 Å². The van der Waals surface area contributed by atoms with E-state index in [4.69, 9.17) is 14.2 Å². The molecule has 6 nitrogen and oxygen atoms in total. The van der Waals surface area contributed by atoms with Crippen LogP contribution in [0.5, 0.6) is 0 Å². The summed E-state index contributed by atoms with van der Waals surface area (Å²) in [6.45, 7) is 6.40. The summed E-state index contributed by atoms with van der Waals surface area (Å²) >= 11 is 0. The minimum atomic E-state index is -0.750. The quantitative estimate of drug-likeness (QED) is 0.0659. The first-order valence-electron chi connectivity index (χ1n) is 15.0. The van der Waals surface area contributed by atoms with Gasteiger partial charge < -0.3 is 14.2 Å². The number of hydrogen-bond donors (Lipinski definition) is 0. The van der Waals surface area contributed by atoms with Crippen molar-refractivity contribution in [3.63, 3.8) is 0 Å². The third-order valence-electron chi connectivity index (χ3n) is 6.36. The van der Waals surface area contributed by atoms with E-state index in [1.54, 1.807) is 0 Å². The highest BCUT2D eigenvalue weighted by Crippen LogP contribution is 2.11. The Bertz CT molecular complexity index is 534. The molecule has 0 N–H and O–H groups in total. The summed E-state index contributed by atoms with van der Waals surface area (Å²) in [5, 5.41) is 0. The van der Waals surface area contributed by atoms with Crippen LogP contribution in [0.3, 0.4) is 0 Å². The molecule has 1 unspecified atom stereocenters. The van der Waals surface area contributed by atoms with E-state index in [0.29, 0.717) is 19.3 Å². The van der Waals surface area contributed by atoms with Crippen LogP contribution in [0.4, 0.5) is 0 Å². The monoisotopic (exact) mass is 512 g/mol. The fourth-order valence-corrected chi connectivity index (χ4v) is 4.03. The molecule has 0 aliphatic rings. The van der Waals surface area contributed by atoms with Crippen molar-refractivity contribution in [1.82, 2.24) is 0 Å². The molecule has 0 aromatic heterocycles. The van der Waals surface area contributed by atoms with Crippen LogP contribution in [-0.2, 0) is 28.6 Å². The highest BCUT2D eigenvalue weighted by molar-refractivity contribution is 5.71. The predicted molar refractivity (Wildman–Crippen MR) is 146 cm³/mol. The third kappa shape index (κ3) is 24.1. The smallest absolute Gasteiger partial charge is 0.306 e. The normalized spacial score (nSPS) is 11.8. The molecular weight excluding hydrogens is 456 g/mol. The van der Waals surface area contributed by atoms with E-state index in [1.807, 2.05) is 0 Å². The van der Waals surface area contributed by atoms with Crippen molar-refractivity contribution < 1.29 is 28.6 Å². The van der Waals surface area contributed by atoms with Crippen LogP contribution in [0.2, 0.25) is 0 Å². The zero-order valence-corrected chi connectivity index (χ0v) is 23.8. The Kier molecular flexibility index (Phi) is 25.3. The summed E-state index contributed by atoms with van der Waals surface area (Å²) < 4.78 is 16.2. The Morgan fingerprint density at radius 1 is 0.444 bits per heavy atom. The van der Waals surface area contributed by atoms with Crippen LogP contribution in [0.1, 0.15) is 156 Å². The van der Waals surface area contributed by atoms with Gasteiger partial charge in [-0.2, -0.15) is 0 Å². The summed E-state index contributed by atoms with van der Waals surface area (Å²) in [6.07, 6.45) is 20.0. The zero-order chi connectivity index (χ0) is 26.7. The highest BCUT2D eigenvalue weighted by atomic mass is 16.6. The molecule has 0 radical (unpaired) electrons. The topological polar surface area (TPSA) is 78.9 Å². The molecule has 1 atom stereocenters. The summed E-state index contributed by atoms with van der Waals surface area (Å²) in [6, 6.07) is 0. The summed E-state index contributed by atoms with van der Waals surface area (Å²) in [7, 11) is 0. The lowest BCUT2D eigenvalue weighted by molar-refractivity contribution is -0.167. The zero-order valence-electron chi connectivity index (χ0n) is 23.8. The standard InChI is InChI=1S/C30H56O6/c1-4-7-10-13-15-18-21-24-30(33)36-27(25-34-28(31)22-19-16-12-9-6-3)26-35-29(32)23-20-17-14-11-8-5-2/h27H,4-26H2,1-3H3. The Hall–Kier alpha value is -1.59. The lowest BCUT2D eigenvalue weighted by Gasteiger charge is -2.18. The van der Waals surface area contributed by atoms with E-state index < -0.39 is 6.10 Å². The van der Waals surface area contributed by atoms with Gasteiger partial charge >= 0.3 is 17.9 Å². The molecule has 0 aromatic rings. The van der Waals surface area contributed by atoms with Crippen LogP contribution < -0.4 is 0 Å². The van der Waals surface area contributed by atoms with Crippen LogP contribution in [-0.4, -0.2) is 37.2 Å². The van der Waals surface area contributed by atoms with Crippen molar-refractivity contribution >= 4 is 17.9 Å². The molecule has 0 aliphatic carbocycles. The molecule has 0 saturated heterocycles. The number of carbonyl (C=O) groups is 3. The molecule has 0 aliphatic heterocycles. The Balaban J connectivity index is 4.36. The molecule has 0 aromatic carbocycles. The highest BCUT2D eigenvalue weighted by Gasteiger charge is 2.19. The minimum Gasteiger partial charge on any atom is -0.462 e. The lowest BCUT2D eigenvalue weighted by Crippen LogP contribution is -2.30. The molecule has 0 rings (SSSR count). The fourth-order valence-electron chi connectivity index (χ4n) is 4.03. The third-order valence-corrected chi connectivity index (χ3v) is 6.36. The van der Waals surface area contributed by atoms with Crippen molar-refractivity contribution in [1.29, 1.82) is 0 Å². The SMILES string of the molecule is CCCCCCCCCC(=O)OC(COC(=O)CCCCCCC)COC(=O)CCCCCCCC. The van der Waals surface area contributed by atoms with Gasteiger partial charge in [0.05, 0.1) is 0 Å². The van der Waals surface area contributed by atoms with Gasteiger partial charge in [-0.05, 0) is 19.3 Å². The molecule has 0 fully saturated rings. The van der Waals surface area contributed by atoms with Crippen molar-refractivity contribution in [3.05, 3.63) is 0 Å². The van der Waals surface area contributed by atoms with Gasteiger partial charge in [-0.1, -0.05) is 117 Å². The summed E-state index contributed by atoms with van der Waals surface area (Å²) in [4.78, 5) is 36.6. The number of rotatable bonds is 26. The van der Waals surface area contributed by atoms with Crippen molar-refractivity contribution in [2.75, 3.05) is 13.2 Å². The van der Waals surface area contributed by atoms with E-state index in [9.17, 15) is 14.4 Å². The van der Waals surface area contributed by atoms with Crippen LogP contribution >= 0.6 is 0 Å². The molecule has 6 heteroatoms. The second-order valence-electron chi connectivity index (χ2n) is 10.0. The fraction of sp³-hybridized carbons (Fsp3) is 0.900. The number of unbranched alkanes of at least 4 members (excludes halogenated alkanes) is 15. The molecule has 0 heterocycles. The molecule has 0 amide bonds. The second kappa shape index (κ2) is 26.5. The van der Waals surface area contributed by atoms with Gasteiger partial charge in [0.1, 0.15) is 13.2 Å². The number of ether oxygens (including phenoxy) is 3.